The Kier molecular flexibility index (Phi) is 4.84. The zero-order chi connectivity index (χ0) is 13.8. The van der Waals surface area contributed by atoms with Crippen molar-refractivity contribution in [2.45, 2.75) is 37.4 Å². The van der Waals surface area contributed by atoms with Gasteiger partial charge in [0.2, 0.25) is 0 Å². The lowest BCUT2D eigenvalue weighted by atomic mass is 10.00. The number of halogens is 1. The Balaban J connectivity index is 2.00. The summed E-state index contributed by atoms with van der Waals surface area (Å²) in [6.07, 6.45) is -7.18. The third kappa shape index (κ3) is 3.29. The first-order valence-electron chi connectivity index (χ1n) is 6.05. The molecule has 1 saturated heterocycles. The van der Waals surface area contributed by atoms with Gasteiger partial charge in [-0.25, -0.2) is 4.39 Å². The van der Waals surface area contributed by atoms with Crippen molar-refractivity contribution in [3.05, 3.63) is 35.9 Å². The molecule has 0 saturated carbocycles. The predicted octanol–water partition coefficient (Wildman–Crippen LogP) is -0.0197. The largest absolute Gasteiger partial charge is 0.394 e. The molecule has 1 fully saturated rings. The highest BCUT2D eigenvalue weighted by Crippen LogP contribution is 2.25. The molecule has 2 rings (SSSR count). The van der Waals surface area contributed by atoms with Crippen LogP contribution in [0.15, 0.2) is 30.3 Å². The van der Waals surface area contributed by atoms with Crippen LogP contribution in [0.5, 0.6) is 0 Å². The molecule has 106 valence electrons. The normalized spacial score (nSPS) is 35.3. The summed E-state index contributed by atoms with van der Waals surface area (Å²) in [6.45, 7) is -0.413. The summed E-state index contributed by atoms with van der Waals surface area (Å²) < 4.78 is 23.8. The van der Waals surface area contributed by atoms with Crippen molar-refractivity contribution in [2.24, 2.45) is 0 Å². The summed E-state index contributed by atoms with van der Waals surface area (Å²) >= 11 is 0. The third-order valence-electron chi connectivity index (χ3n) is 3.08. The highest BCUT2D eigenvalue weighted by atomic mass is 19.1. The fourth-order valence-electron chi connectivity index (χ4n) is 2.01. The van der Waals surface area contributed by atoms with Crippen LogP contribution >= 0.6 is 0 Å². The predicted molar refractivity (Wildman–Crippen MR) is 63.9 cm³/mol. The number of aliphatic hydroxyl groups excluding tert-OH is 3. The first kappa shape index (κ1) is 14.4. The quantitative estimate of drug-likeness (QED) is 0.718. The maximum Gasteiger partial charge on any atom is 0.189 e. The van der Waals surface area contributed by atoms with E-state index in [2.05, 4.69) is 0 Å². The van der Waals surface area contributed by atoms with E-state index in [1.807, 2.05) is 18.2 Å². The topological polar surface area (TPSA) is 79.2 Å². The maximum atomic E-state index is 13.8. The highest BCUT2D eigenvalue weighted by molar-refractivity contribution is 5.13. The zero-order valence-electron chi connectivity index (χ0n) is 10.2. The molecule has 0 aliphatic carbocycles. The molecule has 19 heavy (non-hydrogen) atoms. The van der Waals surface area contributed by atoms with Crippen LogP contribution in [0, 0.1) is 0 Å². The lowest BCUT2D eigenvalue weighted by Crippen LogP contribution is -2.57. The summed E-state index contributed by atoms with van der Waals surface area (Å²) in [7, 11) is 0. The Hall–Kier alpha value is -1.05. The molecule has 5 nitrogen and oxygen atoms in total. The Bertz CT molecular complexity index is 388. The van der Waals surface area contributed by atoms with E-state index in [9.17, 15) is 14.6 Å². The summed E-state index contributed by atoms with van der Waals surface area (Å²) in [6, 6.07) is 9.09. The standard InChI is InChI=1S/C13H17FO5/c14-10-12(11(16)9(6-15)19-13(10)17)18-7-8-4-2-1-3-5-8/h1-5,9-13,15-17H,6-7H2/t9-,10-,11-,12-,13-/m1/s1. The zero-order valence-corrected chi connectivity index (χ0v) is 10.2. The molecular weight excluding hydrogens is 255 g/mol. The molecule has 5 atom stereocenters. The van der Waals surface area contributed by atoms with E-state index in [1.54, 1.807) is 12.1 Å². The van der Waals surface area contributed by atoms with Gasteiger partial charge in [-0.1, -0.05) is 30.3 Å². The van der Waals surface area contributed by atoms with E-state index < -0.39 is 37.4 Å². The van der Waals surface area contributed by atoms with Crippen molar-refractivity contribution in [1.29, 1.82) is 0 Å². The van der Waals surface area contributed by atoms with Gasteiger partial charge in [-0.3, -0.25) is 0 Å². The van der Waals surface area contributed by atoms with Gasteiger partial charge in [0.25, 0.3) is 0 Å². The molecular formula is C13H17FO5. The van der Waals surface area contributed by atoms with Crippen molar-refractivity contribution < 1.29 is 29.2 Å². The van der Waals surface area contributed by atoms with E-state index in [0.29, 0.717) is 0 Å². The fourth-order valence-corrected chi connectivity index (χ4v) is 2.01. The number of benzene rings is 1. The molecule has 1 aliphatic heterocycles. The van der Waals surface area contributed by atoms with Crippen molar-refractivity contribution in [3.63, 3.8) is 0 Å². The van der Waals surface area contributed by atoms with Gasteiger partial charge in [-0.05, 0) is 5.56 Å². The van der Waals surface area contributed by atoms with E-state index >= 15 is 0 Å². The number of ether oxygens (including phenoxy) is 2. The van der Waals surface area contributed by atoms with Crippen LogP contribution in [0.2, 0.25) is 0 Å². The van der Waals surface area contributed by atoms with Gasteiger partial charge in [0.15, 0.2) is 12.5 Å². The van der Waals surface area contributed by atoms with E-state index in [-0.39, 0.29) is 6.61 Å². The van der Waals surface area contributed by atoms with Crippen LogP contribution in [-0.4, -0.2) is 52.7 Å². The van der Waals surface area contributed by atoms with Crippen molar-refractivity contribution in [3.8, 4) is 0 Å². The fraction of sp³-hybridized carbons (Fsp3) is 0.538. The first-order chi connectivity index (χ1) is 9.13. The third-order valence-corrected chi connectivity index (χ3v) is 3.08. The number of hydrogen-bond donors (Lipinski definition) is 3. The molecule has 0 amide bonds. The van der Waals surface area contributed by atoms with Crippen molar-refractivity contribution in [1.82, 2.24) is 0 Å². The number of alkyl halides is 1. The van der Waals surface area contributed by atoms with Gasteiger partial charge in [-0.2, -0.15) is 0 Å². The second kappa shape index (κ2) is 6.40. The van der Waals surface area contributed by atoms with Crippen LogP contribution < -0.4 is 0 Å². The van der Waals surface area contributed by atoms with Crippen LogP contribution in [0.4, 0.5) is 4.39 Å². The van der Waals surface area contributed by atoms with Gasteiger partial charge >= 0.3 is 0 Å². The Morgan fingerprint density at radius 2 is 1.89 bits per heavy atom. The lowest BCUT2D eigenvalue weighted by Gasteiger charge is -2.38. The Labute approximate surface area is 110 Å². The molecule has 6 heteroatoms. The van der Waals surface area contributed by atoms with Gasteiger partial charge in [-0.15, -0.1) is 0 Å². The first-order valence-corrected chi connectivity index (χ1v) is 6.05. The second-order valence-corrected chi connectivity index (χ2v) is 4.44. The summed E-state index contributed by atoms with van der Waals surface area (Å²) in [5.74, 6) is 0. The number of aliphatic hydroxyl groups is 3. The molecule has 1 aromatic carbocycles. The van der Waals surface area contributed by atoms with Crippen molar-refractivity contribution >= 4 is 0 Å². The average Bonchev–Trinajstić information content (AvgIpc) is 2.44. The van der Waals surface area contributed by atoms with Crippen LogP contribution in [0.1, 0.15) is 5.56 Å². The van der Waals surface area contributed by atoms with Gasteiger partial charge < -0.3 is 24.8 Å². The van der Waals surface area contributed by atoms with Crippen LogP contribution in [0.3, 0.4) is 0 Å². The van der Waals surface area contributed by atoms with E-state index in [4.69, 9.17) is 14.6 Å². The highest BCUT2D eigenvalue weighted by Gasteiger charge is 2.45. The summed E-state index contributed by atoms with van der Waals surface area (Å²) in [4.78, 5) is 0. The van der Waals surface area contributed by atoms with E-state index in [0.717, 1.165) is 5.56 Å². The summed E-state index contributed by atoms with van der Waals surface area (Å²) in [5, 5.41) is 28.2. The SMILES string of the molecule is OC[C@H]1O[C@@H](O)[C@H](F)[C@@H](OCc2ccccc2)[C@@H]1O. The Morgan fingerprint density at radius 3 is 2.53 bits per heavy atom. The van der Waals surface area contributed by atoms with Crippen LogP contribution in [-0.2, 0) is 16.1 Å². The van der Waals surface area contributed by atoms with Gasteiger partial charge in [0.1, 0.15) is 18.3 Å². The lowest BCUT2D eigenvalue weighted by molar-refractivity contribution is -0.281. The summed E-state index contributed by atoms with van der Waals surface area (Å²) in [5.41, 5.74) is 0.823. The van der Waals surface area contributed by atoms with Gasteiger partial charge in [0.05, 0.1) is 13.2 Å². The molecule has 0 aromatic heterocycles. The molecule has 1 heterocycles. The number of hydrogen-bond acceptors (Lipinski definition) is 5. The molecule has 0 bridgehead atoms. The minimum atomic E-state index is -1.86. The molecule has 0 radical (unpaired) electrons. The van der Waals surface area contributed by atoms with E-state index in [1.165, 1.54) is 0 Å². The molecule has 0 spiro atoms. The minimum absolute atomic E-state index is 0.105. The monoisotopic (exact) mass is 272 g/mol. The molecule has 1 aliphatic rings. The smallest absolute Gasteiger partial charge is 0.189 e. The van der Waals surface area contributed by atoms with Crippen molar-refractivity contribution in [2.75, 3.05) is 6.61 Å². The average molecular weight is 272 g/mol. The Morgan fingerprint density at radius 1 is 1.21 bits per heavy atom. The molecule has 0 unspecified atom stereocenters. The molecule has 1 aromatic rings. The van der Waals surface area contributed by atoms with Crippen LogP contribution in [0.25, 0.3) is 0 Å². The van der Waals surface area contributed by atoms with Gasteiger partial charge in [0, 0.05) is 0 Å². The number of rotatable bonds is 4. The maximum absolute atomic E-state index is 13.8. The minimum Gasteiger partial charge on any atom is -0.394 e. The molecule has 3 N–H and O–H groups in total. The second-order valence-electron chi connectivity index (χ2n) is 4.44.